The van der Waals surface area contributed by atoms with Crippen LogP contribution in [0.2, 0.25) is 0 Å². The van der Waals surface area contributed by atoms with E-state index >= 15 is 0 Å². The molecule has 0 saturated carbocycles. The number of non-ortho nitro benzene ring substituents is 1. The zero-order valence-corrected chi connectivity index (χ0v) is 9.16. The number of hydrogen-bond acceptors (Lipinski definition) is 5. The average molecular weight is 286 g/mol. The van der Waals surface area contributed by atoms with E-state index in [0.717, 1.165) is 0 Å². The molecule has 2 N–H and O–H groups in total. The van der Waals surface area contributed by atoms with Crippen molar-refractivity contribution >= 4 is 15.7 Å². The van der Waals surface area contributed by atoms with Crippen molar-refractivity contribution in [2.75, 3.05) is 0 Å². The highest BCUT2D eigenvalue weighted by molar-refractivity contribution is 7.89. The minimum absolute atomic E-state index is 0.433. The molecular weight excluding hydrogens is 281 g/mol. The summed E-state index contributed by atoms with van der Waals surface area (Å²) in [5, 5.41) is 15.1. The van der Waals surface area contributed by atoms with E-state index in [9.17, 15) is 31.7 Å². The van der Waals surface area contributed by atoms with Crippen molar-refractivity contribution in [2.24, 2.45) is 5.14 Å². The van der Waals surface area contributed by atoms with Crippen LogP contribution in [0.1, 0.15) is 0 Å². The Hall–Kier alpha value is -1.88. The number of hydrogen-bond donors (Lipinski definition) is 1. The lowest BCUT2D eigenvalue weighted by atomic mass is 10.3. The minimum atomic E-state index is -5.11. The Kier molecular flexibility index (Phi) is 3.48. The third kappa shape index (κ3) is 3.85. The van der Waals surface area contributed by atoms with Gasteiger partial charge in [-0.25, -0.2) is 13.6 Å². The van der Waals surface area contributed by atoms with E-state index in [2.05, 4.69) is 9.88 Å². The number of rotatable bonds is 3. The molecule has 100 valence electrons. The van der Waals surface area contributed by atoms with Gasteiger partial charge in [-0.05, 0) is 0 Å². The Morgan fingerprint density at radius 2 is 1.83 bits per heavy atom. The van der Waals surface area contributed by atoms with E-state index in [-0.39, 0.29) is 0 Å². The molecule has 0 saturated heterocycles. The summed E-state index contributed by atoms with van der Waals surface area (Å²) in [6.45, 7) is 0. The molecule has 0 amide bonds. The smallest absolute Gasteiger partial charge is 0.405 e. The van der Waals surface area contributed by atoms with E-state index in [1.54, 1.807) is 0 Å². The molecule has 11 heteroatoms. The molecule has 1 rings (SSSR count). The van der Waals surface area contributed by atoms with Crippen molar-refractivity contribution in [2.45, 2.75) is 11.3 Å². The Balaban J connectivity index is 3.36. The molecule has 0 aromatic heterocycles. The third-order valence-electron chi connectivity index (χ3n) is 1.64. The monoisotopic (exact) mass is 286 g/mol. The number of nitro benzene ring substituents is 1. The van der Waals surface area contributed by atoms with Crippen molar-refractivity contribution in [3.05, 3.63) is 28.3 Å². The highest BCUT2D eigenvalue weighted by Crippen LogP contribution is 2.29. The Morgan fingerprint density at radius 1 is 1.28 bits per heavy atom. The fourth-order valence-corrected chi connectivity index (χ4v) is 1.58. The summed E-state index contributed by atoms with van der Waals surface area (Å²) in [5.41, 5.74) is -0.888. The molecule has 0 bridgehead atoms. The van der Waals surface area contributed by atoms with Gasteiger partial charge >= 0.3 is 6.36 Å². The fraction of sp³-hybridized carbons (Fsp3) is 0.143. The van der Waals surface area contributed by atoms with Gasteiger partial charge in [0.05, 0.1) is 15.9 Å². The fourth-order valence-electron chi connectivity index (χ4n) is 1.02. The molecule has 0 radical (unpaired) electrons. The van der Waals surface area contributed by atoms with Crippen LogP contribution < -0.4 is 9.88 Å². The lowest BCUT2D eigenvalue weighted by Crippen LogP contribution is -2.18. The first kappa shape index (κ1) is 14.2. The maximum Gasteiger partial charge on any atom is 0.573 e. The lowest BCUT2D eigenvalue weighted by molar-refractivity contribution is -0.385. The molecule has 0 unspecified atom stereocenters. The van der Waals surface area contributed by atoms with Crippen LogP contribution in [0.4, 0.5) is 18.9 Å². The SMILES string of the molecule is NS(=O)(=O)c1cc(OC(F)(F)F)cc([N+](=O)[O-])c1. The maximum absolute atomic E-state index is 11.9. The molecule has 0 heterocycles. The first-order valence-electron chi connectivity index (χ1n) is 4.07. The third-order valence-corrected chi connectivity index (χ3v) is 2.53. The second-order valence-electron chi connectivity index (χ2n) is 3.01. The number of alkyl halides is 3. The van der Waals surface area contributed by atoms with Crippen LogP contribution in [0.3, 0.4) is 0 Å². The summed E-state index contributed by atoms with van der Waals surface area (Å²) in [7, 11) is -4.39. The van der Waals surface area contributed by atoms with Gasteiger partial charge in [-0.1, -0.05) is 0 Å². The van der Waals surface area contributed by atoms with E-state index in [1.807, 2.05) is 0 Å². The van der Waals surface area contributed by atoms with E-state index < -0.39 is 37.6 Å². The quantitative estimate of drug-likeness (QED) is 0.661. The topological polar surface area (TPSA) is 113 Å². The average Bonchev–Trinajstić information content (AvgIpc) is 2.12. The largest absolute Gasteiger partial charge is 0.573 e. The van der Waals surface area contributed by atoms with Crippen molar-refractivity contribution in [3.63, 3.8) is 0 Å². The van der Waals surface area contributed by atoms with Crippen molar-refractivity contribution in [1.29, 1.82) is 0 Å². The van der Waals surface area contributed by atoms with Gasteiger partial charge in [-0.3, -0.25) is 10.1 Å². The molecule has 1 aromatic carbocycles. The van der Waals surface area contributed by atoms with E-state index in [4.69, 9.17) is 0 Å². The van der Waals surface area contributed by atoms with Crippen LogP contribution in [-0.4, -0.2) is 19.7 Å². The Labute approximate surface area is 98.2 Å². The first-order chi connectivity index (χ1) is 7.99. The van der Waals surface area contributed by atoms with Crippen LogP contribution in [0.25, 0.3) is 0 Å². The van der Waals surface area contributed by atoms with Gasteiger partial charge in [0.1, 0.15) is 5.75 Å². The second kappa shape index (κ2) is 4.42. The van der Waals surface area contributed by atoms with Gasteiger partial charge in [-0.2, -0.15) is 0 Å². The summed E-state index contributed by atoms with van der Waals surface area (Å²) in [6.07, 6.45) is -5.11. The number of primary sulfonamides is 1. The predicted molar refractivity (Wildman–Crippen MR) is 51.2 cm³/mol. The molecule has 1 aromatic rings. The van der Waals surface area contributed by atoms with Gasteiger partial charge in [0.2, 0.25) is 10.0 Å². The summed E-state index contributed by atoms with van der Waals surface area (Å²) in [5.74, 6) is -1.04. The standard InChI is InChI=1S/C7H5F3N2O5S/c8-7(9,10)17-5-1-4(12(13)14)2-6(3-5)18(11,15)16/h1-3H,(H2,11,15,16). The summed E-state index contributed by atoms with van der Waals surface area (Å²) >= 11 is 0. The normalized spacial score (nSPS) is 12.2. The molecule has 0 aliphatic rings. The minimum Gasteiger partial charge on any atom is -0.405 e. The molecular formula is C7H5F3N2O5S. The van der Waals surface area contributed by atoms with E-state index in [0.29, 0.717) is 18.2 Å². The van der Waals surface area contributed by atoms with Gasteiger partial charge in [-0.15, -0.1) is 13.2 Å². The number of nitrogens with two attached hydrogens (primary N) is 1. The summed E-state index contributed by atoms with van der Waals surface area (Å²) in [6, 6.07) is 1.40. The van der Waals surface area contributed by atoms with Gasteiger partial charge in [0, 0.05) is 12.1 Å². The summed E-state index contributed by atoms with van der Waals surface area (Å²) in [4.78, 5) is 8.51. The van der Waals surface area contributed by atoms with Crippen LogP contribution in [0, 0.1) is 10.1 Å². The van der Waals surface area contributed by atoms with Gasteiger partial charge in [0.25, 0.3) is 5.69 Å². The van der Waals surface area contributed by atoms with Crippen molar-refractivity contribution in [1.82, 2.24) is 0 Å². The Bertz CT molecular complexity index is 583. The van der Waals surface area contributed by atoms with Crippen LogP contribution in [0.15, 0.2) is 23.1 Å². The van der Waals surface area contributed by atoms with Crippen molar-refractivity contribution in [3.8, 4) is 5.75 Å². The molecule has 0 aliphatic carbocycles. The number of halogens is 3. The number of benzene rings is 1. The molecule has 0 atom stereocenters. The van der Waals surface area contributed by atoms with Crippen LogP contribution >= 0.6 is 0 Å². The summed E-state index contributed by atoms with van der Waals surface area (Å²) < 4.78 is 61.1. The van der Waals surface area contributed by atoms with Gasteiger partial charge < -0.3 is 4.74 Å². The number of nitro groups is 1. The highest BCUT2D eigenvalue weighted by Gasteiger charge is 2.32. The maximum atomic E-state index is 11.9. The Morgan fingerprint density at radius 3 is 2.22 bits per heavy atom. The highest BCUT2D eigenvalue weighted by atomic mass is 32.2. The van der Waals surface area contributed by atoms with Crippen LogP contribution in [-0.2, 0) is 10.0 Å². The molecule has 0 spiro atoms. The molecule has 0 aliphatic heterocycles. The first-order valence-corrected chi connectivity index (χ1v) is 5.62. The molecule has 18 heavy (non-hydrogen) atoms. The number of nitrogens with zero attached hydrogens (tertiary/aromatic N) is 1. The number of ether oxygens (including phenoxy) is 1. The van der Waals surface area contributed by atoms with E-state index in [1.165, 1.54) is 0 Å². The van der Waals surface area contributed by atoms with Crippen LogP contribution in [0.5, 0.6) is 5.75 Å². The molecule has 7 nitrogen and oxygen atoms in total. The zero-order chi connectivity index (χ0) is 14.1. The number of sulfonamides is 1. The van der Waals surface area contributed by atoms with Crippen molar-refractivity contribution < 1.29 is 31.2 Å². The molecule has 0 fully saturated rings. The lowest BCUT2D eigenvalue weighted by Gasteiger charge is -2.09. The zero-order valence-electron chi connectivity index (χ0n) is 8.34. The predicted octanol–water partition coefficient (Wildman–Crippen LogP) is 1.14. The second-order valence-corrected chi connectivity index (χ2v) is 4.57. The van der Waals surface area contributed by atoms with Gasteiger partial charge in [0.15, 0.2) is 0 Å².